The fraction of sp³-hybridized carbons (Fsp3) is 0.222. The van der Waals surface area contributed by atoms with Crippen LogP contribution in [0.1, 0.15) is 25.3 Å². The lowest BCUT2D eigenvalue weighted by atomic mass is 10.1. The summed E-state index contributed by atoms with van der Waals surface area (Å²) in [6.45, 7) is 2.14. The van der Waals surface area contributed by atoms with Crippen LogP contribution in [-0.2, 0) is 16.0 Å². The van der Waals surface area contributed by atoms with Crippen LogP contribution in [0.4, 0.5) is 11.4 Å². The molecule has 0 amide bonds. The van der Waals surface area contributed by atoms with Gasteiger partial charge >= 0.3 is 0 Å². The van der Waals surface area contributed by atoms with Crippen molar-refractivity contribution >= 4 is 23.5 Å². The summed E-state index contributed by atoms with van der Waals surface area (Å²) >= 11 is 0. The van der Waals surface area contributed by atoms with Crippen LogP contribution in [0.15, 0.2) is 64.6 Å². The Morgan fingerprint density at radius 1 is 0.864 bits per heavy atom. The van der Waals surface area contributed by atoms with Gasteiger partial charge in [-0.15, -0.1) is 0 Å². The van der Waals surface area contributed by atoms with Crippen molar-refractivity contribution in [2.45, 2.75) is 26.2 Å². The molecule has 0 N–H and O–H groups in total. The summed E-state index contributed by atoms with van der Waals surface area (Å²) in [6.07, 6.45) is 6.30. The third-order valence-corrected chi connectivity index (χ3v) is 2.89. The molecule has 0 saturated heterocycles. The Balaban J connectivity index is 0.000000235. The van der Waals surface area contributed by atoms with Crippen LogP contribution in [-0.4, -0.2) is 12.2 Å². The highest BCUT2D eigenvalue weighted by Gasteiger charge is 1.98. The first-order valence-corrected chi connectivity index (χ1v) is 7.10. The lowest BCUT2D eigenvalue weighted by molar-refractivity contribution is 0.564. The predicted molar refractivity (Wildman–Crippen MR) is 87.1 cm³/mol. The van der Waals surface area contributed by atoms with Crippen molar-refractivity contribution in [3.63, 3.8) is 0 Å². The second-order valence-corrected chi connectivity index (χ2v) is 4.47. The van der Waals surface area contributed by atoms with E-state index in [4.69, 9.17) is 0 Å². The molecule has 0 saturated carbocycles. The van der Waals surface area contributed by atoms with E-state index in [0.29, 0.717) is 5.69 Å². The van der Waals surface area contributed by atoms with Crippen molar-refractivity contribution < 1.29 is 9.59 Å². The molecule has 0 aliphatic rings. The van der Waals surface area contributed by atoms with Crippen molar-refractivity contribution in [1.82, 2.24) is 0 Å². The van der Waals surface area contributed by atoms with Crippen molar-refractivity contribution in [2.24, 2.45) is 9.98 Å². The van der Waals surface area contributed by atoms with Crippen LogP contribution in [0.25, 0.3) is 0 Å². The van der Waals surface area contributed by atoms with Gasteiger partial charge in [0.1, 0.15) is 0 Å². The Morgan fingerprint density at radius 2 is 1.50 bits per heavy atom. The first kappa shape index (κ1) is 17.3. The van der Waals surface area contributed by atoms with Gasteiger partial charge in [0, 0.05) is 0 Å². The van der Waals surface area contributed by atoms with Gasteiger partial charge in [0.2, 0.25) is 12.2 Å². The summed E-state index contributed by atoms with van der Waals surface area (Å²) in [7, 11) is 0. The van der Waals surface area contributed by atoms with Gasteiger partial charge in [0.25, 0.3) is 0 Å². The molecule has 22 heavy (non-hydrogen) atoms. The maximum Gasteiger partial charge on any atom is 0.240 e. The van der Waals surface area contributed by atoms with Gasteiger partial charge in [-0.1, -0.05) is 49.7 Å². The summed E-state index contributed by atoms with van der Waals surface area (Å²) in [6, 6.07) is 16.7. The molecule has 0 aromatic heterocycles. The third-order valence-electron chi connectivity index (χ3n) is 2.89. The minimum Gasteiger partial charge on any atom is -0.211 e. The smallest absolute Gasteiger partial charge is 0.211 e. The zero-order valence-electron chi connectivity index (χ0n) is 12.5. The Hall–Kier alpha value is -2.80. The molecule has 112 valence electrons. The van der Waals surface area contributed by atoms with E-state index in [1.165, 1.54) is 6.08 Å². The fourth-order valence-corrected chi connectivity index (χ4v) is 1.80. The van der Waals surface area contributed by atoms with Crippen molar-refractivity contribution in [1.29, 1.82) is 0 Å². The van der Waals surface area contributed by atoms with Gasteiger partial charge in [-0.05, 0) is 36.6 Å². The largest absolute Gasteiger partial charge is 0.240 e. The zero-order chi connectivity index (χ0) is 16.0. The Morgan fingerprint density at radius 3 is 2.14 bits per heavy atom. The molecule has 0 fully saturated rings. The number of unbranched alkanes of at least 4 members (excludes halogenated alkanes) is 1. The van der Waals surface area contributed by atoms with E-state index < -0.39 is 0 Å². The predicted octanol–water partition coefficient (Wildman–Crippen LogP) is 4.65. The van der Waals surface area contributed by atoms with Crippen molar-refractivity contribution in [3.05, 3.63) is 60.2 Å². The van der Waals surface area contributed by atoms with Gasteiger partial charge in [-0.3, -0.25) is 0 Å². The summed E-state index contributed by atoms with van der Waals surface area (Å²) in [4.78, 5) is 26.8. The van der Waals surface area contributed by atoms with E-state index >= 15 is 0 Å². The van der Waals surface area contributed by atoms with Crippen LogP contribution < -0.4 is 0 Å². The number of para-hydroxylation sites is 2. The molecule has 0 atom stereocenters. The Kier molecular flexibility index (Phi) is 8.57. The quantitative estimate of drug-likeness (QED) is 0.595. The SMILES string of the molecule is CCCCc1ccccc1N=C=O.O=C=Nc1ccccc1. The standard InChI is InChI=1S/C11H13NO.C7H5NO/c1-2-3-6-10-7-4-5-8-11(10)12-9-13;9-6-8-7-4-2-1-3-5-7/h4-5,7-8H,2-3,6H2,1H3;1-5H. The molecule has 2 rings (SSSR count). The first-order valence-electron chi connectivity index (χ1n) is 7.10. The lowest BCUT2D eigenvalue weighted by Crippen LogP contribution is -1.84. The minimum absolute atomic E-state index is 0.646. The number of aliphatic imine (C=N–C) groups is 2. The highest BCUT2D eigenvalue weighted by molar-refractivity contribution is 5.53. The van der Waals surface area contributed by atoms with Gasteiger partial charge in [0.05, 0.1) is 11.4 Å². The highest BCUT2D eigenvalue weighted by Crippen LogP contribution is 2.19. The number of aryl methyl sites for hydroxylation is 1. The molecular formula is C18H18N2O2. The average molecular weight is 294 g/mol. The van der Waals surface area contributed by atoms with E-state index in [1.54, 1.807) is 18.2 Å². The van der Waals surface area contributed by atoms with E-state index in [0.717, 1.165) is 30.5 Å². The summed E-state index contributed by atoms with van der Waals surface area (Å²) in [5, 5.41) is 0. The van der Waals surface area contributed by atoms with Crippen LogP contribution in [0, 0.1) is 0 Å². The molecule has 0 bridgehead atoms. The number of rotatable bonds is 5. The third kappa shape index (κ3) is 6.58. The second kappa shape index (κ2) is 10.9. The second-order valence-electron chi connectivity index (χ2n) is 4.47. The van der Waals surface area contributed by atoms with Gasteiger partial charge < -0.3 is 0 Å². The van der Waals surface area contributed by atoms with Crippen LogP contribution in [0.5, 0.6) is 0 Å². The monoisotopic (exact) mass is 294 g/mol. The molecule has 0 aliphatic heterocycles. The van der Waals surface area contributed by atoms with E-state index in [1.807, 2.05) is 42.5 Å². The zero-order valence-corrected chi connectivity index (χ0v) is 12.5. The molecule has 0 heterocycles. The maximum atomic E-state index is 10.1. The van der Waals surface area contributed by atoms with Gasteiger partial charge in [-0.2, -0.15) is 9.98 Å². The van der Waals surface area contributed by atoms with E-state index in [2.05, 4.69) is 16.9 Å². The molecular weight excluding hydrogens is 276 g/mol. The van der Waals surface area contributed by atoms with Crippen LogP contribution in [0.3, 0.4) is 0 Å². The molecule has 0 spiro atoms. The molecule has 4 heteroatoms. The molecule has 0 aliphatic carbocycles. The maximum absolute atomic E-state index is 10.1. The van der Waals surface area contributed by atoms with Crippen molar-refractivity contribution in [2.75, 3.05) is 0 Å². The minimum atomic E-state index is 0.646. The van der Waals surface area contributed by atoms with Crippen molar-refractivity contribution in [3.8, 4) is 0 Å². The fourth-order valence-electron chi connectivity index (χ4n) is 1.80. The summed E-state index contributed by atoms with van der Waals surface area (Å²) < 4.78 is 0. The number of hydrogen-bond acceptors (Lipinski definition) is 4. The summed E-state index contributed by atoms with van der Waals surface area (Å²) in [5.74, 6) is 0. The van der Waals surface area contributed by atoms with Gasteiger partial charge in [0.15, 0.2) is 0 Å². The molecule has 2 aromatic rings. The number of nitrogens with zero attached hydrogens (tertiary/aromatic N) is 2. The van der Waals surface area contributed by atoms with E-state index in [9.17, 15) is 9.59 Å². The van der Waals surface area contributed by atoms with E-state index in [-0.39, 0.29) is 0 Å². The Labute approximate surface area is 130 Å². The van der Waals surface area contributed by atoms with Crippen LogP contribution in [0.2, 0.25) is 0 Å². The molecule has 0 radical (unpaired) electrons. The van der Waals surface area contributed by atoms with Gasteiger partial charge in [-0.25, -0.2) is 9.59 Å². The highest BCUT2D eigenvalue weighted by atomic mass is 16.1. The molecule has 0 unspecified atom stereocenters. The number of benzene rings is 2. The first-order chi connectivity index (χ1) is 10.8. The lowest BCUT2D eigenvalue weighted by Gasteiger charge is -2.01. The molecule has 4 nitrogen and oxygen atoms in total. The topological polar surface area (TPSA) is 58.9 Å². The number of isocyanates is 2. The van der Waals surface area contributed by atoms with Crippen LogP contribution >= 0.6 is 0 Å². The Bertz CT molecular complexity index is 656. The number of carbonyl (C=O) groups excluding carboxylic acids is 2. The normalized spacial score (nSPS) is 8.77. The number of hydrogen-bond donors (Lipinski definition) is 0. The average Bonchev–Trinajstić information content (AvgIpc) is 2.56. The summed E-state index contributed by atoms with van der Waals surface area (Å²) in [5.41, 5.74) is 2.53. The molecule has 2 aromatic carbocycles.